The van der Waals surface area contributed by atoms with E-state index >= 15 is 0 Å². The van der Waals surface area contributed by atoms with E-state index in [0.29, 0.717) is 51.5 Å². The van der Waals surface area contributed by atoms with E-state index < -0.39 is 17.8 Å². The van der Waals surface area contributed by atoms with E-state index in [1.807, 2.05) is 22.9 Å². The van der Waals surface area contributed by atoms with Gasteiger partial charge in [-0.25, -0.2) is 4.68 Å². The topological polar surface area (TPSA) is 134 Å². The monoisotopic (exact) mass is 467 g/mol. The molecule has 3 heterocycles. The van der Waals surface area contributed by atoms with Crippen LogP contribution in [-0.4, -0.2) is 79.5 Å². The summed E-state index contributed by atoms with van der Waals surface area (Å²) in [6.07, 6.45) is 0.175. The molecule has 0 aliphatic carbocycles. The number of nitrogens with zero attached hydrogens (tertiary/aromatic N) is 5. The molecule has 0 unspecified atom stereocenters. The highest BCUT2D eigenvalue weighted by atomic mass is 16.5. The fourth-order valence-corrected chi connectivity index (χ4v) is 4.64. The van der Waals surface area contributed by atoms with E-state index in [2.05, 4.69) is 56.8 Å². The molecular weight excluding hydrogens is 438 g/mol. The zero-order valence-corrected chi connectivity index (χ0v) is 18.8. The number of benzene rings is 2. The van der Waals surface area contributed by atoms with Crippen molar-refractivity contribution < 1.29 is 24.9 Å². The summed E-state index contributed by atoms with van der Waals surface area (Å²) in [6.45, 7) is 2.14. The molecule has 3 aromatic rings. The molecule has 3 N–H and O–H groups in total. The van der Waals surface area contributed by atoms with Gasteiger partial charge in [-0.2, -0.15) is 0 Å². The van der Waals surface area contributed by atoms with E-state index in [9.17, 15) is 10.2 Å². The van der Waals surface area contributed by atoms with Crippen LogP contribution >= 0.6 is 0 Å². The molecule has 180 valence electrons. The predicted octanol–water partition coefficient (Wildman–Crippen LogP) is 1.57. The summed E-state index contributed by atoms with van der Waals surface area (Å²) in [4.78, 5) is 10.5. The molecule has 10 heteroatoms. The summed E-state index contributed by atoms with van der Waals surface area (Å²) in [6, 6.07) is 18.7. The zero-order chi connectivity index (χ0) is 24.0. The molecule has 5 rings (SSSR count). The van der Waals surface area contributed by atoms with Crippen molar-refractivity contribution in [3.8, 4) is 11.1 Å². The number of hydrogen-bond acceptors (Lipinski definition) is 8. The van der Waals surface area contributed by atoms with Crippen LogP contribution in [0.2, 0.25) is 0 Å². The first-order valence-corrected chi connectivity index (χ1v) is 11.3. The van der Waals surface area contributed by atoms with Crippen LogP contribution in [0.1, 0.15) is 24.8 Å². The highest BCUT2D eigenvalue weighted by Gasteiger charge is 2.48. The molecule has 2 aliphatic heterocycles. The summed E-state index contributed by atoms with van der Waals surface area (Å²) in [5.41, 5.74) is 2.82. The van der Waals surface area contributed by atoms with Gasteiger partial charge < -0.3 is 25.0 Å². The van der Waals surface area contributed by atoms with Crippen molar-refractivity contribution in [2.24, 2.45) is 0 Å². The predicted molar refractivity (Wildman–Crippen MR) is 124 cm³/mol. The molecule has 1 spiro atoms. The van der Waals surface area contributed by atoms with Crippen LogP contribution in [0.5, 0.6) is 0 Å². The lowest BCUT2D eigenvalue weighted by molar-refractivity contribution is -0.205. The molecular formula is C24H29N5O5. The summed E-state index contributed by atoms with van der Waals surface area (Å²) >= 11 is 0. The first kappa shape index (κ1) is 23.8. The maximum Gasteiger partial charge on any atom is 0.290 e. The van der Waals surface area contributed by atoms with Crippen LogP contribution in [0.3, 0.4) is 0 Å². The molecule has 1 aromatic heterocycles. The quantitative estimate of drug-likeness (QED) is 0.489. The van der Waals surface area contributed by atoms with Crippen LogP contribution in [0.4, 0.5) is 5.95 Å². The molecule has 34 heavy (non-hydrogen) atoms. The molecule has 0 bridgehead atoms. The summed E-state index contributed by atoms with van der Waals surface area (Å²) in [5, 5.41) is 39.8. The lowest BCUT2D eigenvalue weighted by atomic mass is 9.81. The van der Waals surface area contributed by atoms with Gasteiger partial charge in [0.15, 0.2) is 0 Å². The number of anilines is 1. The minimum absolute atomic E-state index is 0.250. The standard InChI is InChI=1S/C23H27N5O3.CH2O2/c29-20-10-15-31-23(21(20)30)11-13-27(14-12-23)22-24-25-26-28(22)16-17-6-8-19(9-7-17)18-4-2-1-3-5-18;2-1-3/h1-9,20-21,29-30H,10-16H2;1H,(H,2,3)/t20-,21-;/m0./s1. The fourth-order valence-electron chi connectivity index (χ4n) is 4.64. The Morgan fingerprint density at radius 2 is 1.68 bits per heavy atom. The van der Waals surface area contributed by atoms with Crippen molar-refractivity contribution >= 4 is 12.4 Å². The Morgan fingerprint density at radius 1 is 1.03 bits per heavy atom. The van der Waals surface area contributed by atoms with Gasteiger partial charge in [0.1, 0.15) is 6.10 Å². The minimum atomic E-state index is -0.845. The number of ether oxygens (including phenoxy) is 1. The van der Waals surface area contributed by atoms with E-state index in [0.717, 1.165) is 5.56 Å². The second kappa shape index (κ2) is 10.7. The van der Waals surface area contributed by atoms with Crippen molar-refractivity contribution in [1.29, 1.82) is 0 Å². The number of aliphatic hydroxyl groups is 2. The summed E-state index contributed by atoms with van der Waals surface area (Å²) in [7, 11) is 0. The first-order valence-electron chi connectivity index (χ1n) is 11.3. The fraction of sp³-hybridized carbons (Fsp3) is 0.417. The zero-order valence-electron chi connectivity index (χ0n) is 18.8. The summed E-state index contributed by atoms with van der Waals surface area (Å²) in [5.74, 6) is 0.716. The average Bonchev–Trinajstić information content (AvgIpc) is 3.33. The number of piperidine rings is 1. The Morgan fingerprint density at radius 3 is 2.35 bits per heavy atom. The second-order valence-corrected chi connectivity index (χ2v) is 8.51. The van der Waals surface area contributed by atoms with Gasteiger partial charge in [0.25, 0.3) is 6.47 Å². The van der Waals surface area contributed by atoms with E-state index in [-0.39, 0.29) is 6.47 Å². The molecule has 0 radical (unpaired) electrons. The average molecular weight is 468 g/mol. The number of aromatic nitrogens is 4. The summed E-state index contributed by atoms with van der Waals surface area (Å²) < 4.78 is 7.74. The second-order valence-electron chi connectivity index (χ2n) is 8.51. The Labute approximate surface area is 197 Å². The Kier molecular flexibility index (Phi) is 7.51. The van der Waals surface area contributed by atoms with Crippen LogP contribution in [0, 0.1) is 0 Å². The third-order valence-corrected chi connectivity index (χ3v) is 6.51. The van der Waals surface area contributed by atoms with Gasteiger partial charge in [-0.15, -0.1) is 0 Å². The number of aliphatic hydroxyl groups excluding tert-OH is 2. The highest BCUT2D eigenvalue weighted by Crippen LogP contribution is 2.36. The van der Waals surface area contributed by atoms with Crippen LogP contribution in [0.15, 0.2) is 54.6 Å². The van der Waals surface area contributed by atoms with E-state index in [1.54, 1.807) is 0 Å². The Bertz CT molecular complexity index is 1050. The molecule has 0 saturated carbocycles. The number of rotatable bonds is 4. The highest BCUT2D eigenvalue weighted by molar-refractivity contribution is 5.63. The molecule has 2 aliphatic rings. The van der Waals surface area contributed by atoms with E-state index in [1.165, 1.54) is 11.1 Å². The van der Waals surface area contributed by atoms with Gasteiger partial charge in [-0.1, -0.05) is 59.7 Å². The Hall–Kier alpha value is -3.34. The third-order valence-electron chi connectivity index (χ3n) is 6.51. The van der Waals surface area contributed by atoms with Crippen LogP contribution < -0.4 is 4.90 Å². The smallest absolute Gasteiger partial charge is 0.290 e. The van der Waals surface area contributed by atoms with Crippen LogP contribution in [0.25, 0.3) is 11.1 Å². The lowest BCUT2D eigenvalue weighted by Gasteiger charge is -2.48. The maximum atomic E-state index is 10.5. The molecule has 2 fully saturated rings. The SMILES string of the molecule is O=CO.O[C@H]1CCOC2(CCN(c3nnnn3Cc3ccc(-c4ccccc4)cc3)CC2)[C@H]1O. The van der Waals surface area contributed by atoms with Gasteiger partial charge in [-0.05, 0) is 46.4 Å². The lowest BCUT2D eigenvalue weighted by Crippen LogP contribution is -2.60. The van der Waals surface area contributed by atoms with Gasteiger partial charge >= 0.3 is 0 Å². The van der Waals surface area contributed by atoms with Crippen molar-refractivity contribution in [1.82, 2.24) is 20.2 Å². The number of tetrazole rings is 1. The number of hydrogen-bond donors (Lipinski definition) is 3. The first-order chi connectivity index (χ1) is 16.6. The third kappa shape index (κ3) is 5.09. The number of carbonyl (C=O) groups is 1. The largest absolute Gasteiger partial charge is 0.483 e. The molecule has 10 nitrogen and oxygen atoms in total. The van der Waals surface area contributed by atoms with Gasteiger partial charge in [0, 0.05) is 13.1 Å². The number of carboxylic acid groups (broad SMARTS) is 1. The van der Waals surface area contributed by atoms with Gasteiger partial charge in [0.05, 0.1) is 24.9 Å². The van der Waals surface area contributed by atoms with Gasteiger partial charge in [0.2, 0.25) is 5.95 Å². The van der Waals surface area contributed by atoms with Crippen LogP contribution in [-0.2, 0) is 16.1 Å². The molecule has 0 amide bonds. The minimum Gasteiger partial charge on any atom is -0.483 e. The van der Waals surface area contributed by atoms with E-state index in [4.69, 9.17) is 14.6 Å². The molecule has 2 atom stereocenters. The van der Waals surface area contributed by atoms with Crippen molar-refractivity contribution in [2.75, 3.05) is 24.6 Å². The Balaban J connectivity index is 0.000000868. The normalized spacial score (nSPS) is 21.5. The molecule has 2 aromatic carbocycles. The van der Waals surface area contributed by atoms with Crippen molar-refractivity contribution in [3.05, 3.63) is 60.2 Å². The van der Waals surface area contributed by atoms with Crippen molar-refractivity contribution in [3.63, 3.8) is 0 Å². The maximum absolute atomic E-state index is 10.5. The van der Waals surface area contributed by atoms with Crippen molar-refractivity contribution in [2.45, 2.75) is 43.6 Å². The van der Waals surface area contributed by atoms with Gasteiger partial charge in [-0.3, -0.25) is 4.79 Å². The molecule has 2 saturated heterocycles.